The Morgan fingerprint density at radius 1 is 1.33 bits per heavy atom. The van der Waals surface area contributed by atoms with Gasteiger partial charge in [-0.05, 0) is 18.9 Å². The molecule has 0 amide bonds. The molecule has 1 atom stereocenters. The van der Waals surface area contributed by atoms with E-state index in [1.54, 1.807) is 0 Å². The molecule has 1 aromatic rings. The molecule has 0 aliphatic heterocycles. The number of hydrogen-bond acceptors (Lipinski definition) is 1. The van der Waals surface area contributed by atoms with E-state index in [9.17, 15) is 4.39 Å². The van der Waals surface area contributed by atoms with Crippen molar-refractivity contribution in [1.82, 2.24) is 0 Å². The van der Waals surface area contributed by atoms with Crippen LogP contribution in [0.5, 0.6) is 0 Å². The van der Waals surface area contributed by atoms with Crippen molar-refractivity contribution in [2.75, 3.05) is 6.67 Å². The van der Waals surface area contributed by atoms with Gasteiger partial charge in [0.25, 0.3) is 0 Å². The molecule has 0 fully saturated rings. The van der Waals surface area contributed by atoms with E-state index in [0.29, 0.717) is 6.42 Å². The number of benzene rings is 1. The molecule has 0 saturated carbocycles. The van der Waals surface area contributed by atoms with Gasteiger partial charge in [0.1, 0.15) is 0 Å². The summed E-state index contributed by atoms with van der Waals surface area (Å²) < 4.78 is 11.9. The Morgan fingerprint density at radius 3 is 2.42 bits per heavy atom. The molecule has 12 heavy (non-hydrogen) atoms. The van der Waals surface area contributed by atoms with E-state index in [-0.39, 0.29) is 12.7 Å². The lowest BCUT2D eigenvalue weighted by Crippen LogP contribution is -2.10. The highest BCUT2D eigenvalue weighted by atomic mass is 19.1. The van der Waals surface area contributed by atoms with Crippen LogP contribution in [0.15, 0.2) is 24.3 Å². The average molecular weight is 167 g/mol. The van der Waals surface area contributed by atoms with E-state index in [1.165, 1.54) is 5.56 Å². The minimum absolute atomic E-state index is 0.157. The number of hydrogen-bond donors (Lipinski definition) is 1. The maximum absolute atomic E-state index is 11.9. The third kappa shape index (κ3) is 2.31. The van der Waals surface area contributed by atoms with E-state index >= 15 is 0 Å². The van der Waals surface area contributed by atoms with Crippen LogP contribution in [0, 0.1) is 6.92 Å². The smallest absolute Gasteiger partial charge is 0.0912 e. The Balaban J connectivity index is 2.68. The first-order valence-electron chi connectivity index (χ1n) is 4.12. The molecule has 0 saturated heterocycles. The predicted octanol–water partition coefficient (Wildman–Crippen LogP) is 2.35. The molecule has 0 heterocycles. The molecule has 2 heteroatoms. The molecule has 0 aliphatic carbocycles. The number of nitrogens with two attached hydrogens (primary N) is 1. The minimum atomic E-state index is -0.352. The topological polar surface area (TPSA) is 26.0 Å². The van der Waals surface area contributed by atoms with Gasteiger partial charge < -0.3 is 5.73 Å². The monoisotopic (exact) mass is 167 g/mol. The Bertz CT molecular complexity index is 230. The summed E-state index contributed by atoms with van der Waals surface area (Å²) in [5.41, 5.74) is 7.93. The first-order chi connectivity index (χ1) is 5.74. The van der Waals surface area contributed by atoms with Crippen molar-refractivity contribution in [2.24, 2.45) is 5.73 Å². The molecule has 66 valence electrons. The quantitative estimate of drug-likeness (QED) is 0.734. The van der Waals surface area contributed by atoms with Crippen LogP contribution >= 0.6 is 0 Å². The van der Waals surface area contributed by atoms with Crippen molar-refractivity contribution in [3.05, 3.63) is 35.4 Å². The summed E-state index contributed by atoms with van der Waals surface area (Å²) >= 11 is 0. The van der Waals surface area contributed by atoms with Gasteiger partial charge >= 0.3 is 0 Å². The van der Waals surface area contributed by atoms with Crippen molar-refractivity contribution in [3.8, 4) is 0 Å². The molecule has 1 rings (SSSR count). The van der Waals surface area contributed by atoms with Crippen LogP contribution < -0.4 is 5.73 Å². The van der Waals surface area contributed by atoms with Crippen LogP contribution in [-0.2, 0) is 0 Å². The van der Waals surface area contributed by atoms with Crippen LogP contribution in [0.1, 0.15) is 23.6 Å². The highest BCUT2D eigenvalue weighted by molar-refractivity contribution is 5.23. The van der Waals surface area contributed by atoms with Gasteiger partial charge in [-0.15, -0.1) is 0 Å². The summed E-state index contributed by atoms with van der Waals surface area (Å²) in [4.78, 5) is 0. The van der Waals surface area contributed by atoms with Crippen LogP contribution in [0.25, 0.3) is 0 Å². The second-order valence-corrected chi connectivity index (χ2v) is 2.99. The lowest BCUT2D eigenvalue weighted by molar-refractivity contribution is 0.442. The van der Waals surface area contributed by atoms with Crippen LogP contribution in [-0.4, -0.2) is 6.67 Å². The van der Waals surface area contributed by atoms with E-state index in [4.69, 9.17) is 5.73 Å². The molecule has 2 N–H and O–H groups in total. The molecular weight excluding hydrogens is 153 g/mol. The molecular formula is C10H14FN. The molecule has 0 spiro atoms. The Hall–Kier alpha value is -0.890. The number of aryl methyl sites for hydroxylation is 1. The van der Waals surface area contributed by atoms with Crippen molar-refractivity contribution in [3.63, 3.8) is 0 Å². The molecule has 0 aliphatic rings. The first-order valence-corrected chi connectivity index (χ1v) is 4.12. The predicted molar refractivity (Wildman–Crippen MR) is 48.7 cm³/mol. The summed E-state index contributed by atoms with van der Waals surface area (Å²) in [7, 11) is 0. The highest BCUT2D eigenvalue weighted by Gasteiger charge is 2.03. The van der Waals surface area contributed by atoms with Gasteiger partial charge in [0, 0.05) is 6.04 Å². The summed E-state index contributed by atoms with van der Waals surface area (Å²) in [6.45, 7) is 1.67. The van der Waals surface area contributed by atoms with E-state index in [2.05, 4.69) is 0 Å². The number of alkyl halides is 1. The van der Waals surface area contributed by atoms with Crippen LogP contribution in [0.3, 0.4) is 0 Å². The first kappa shape index (κ1) is 9.20. The zero-order valence-electron chi connectivity index (χ0n) is 7.26. The van der Waals surface area contributed by atoms with Crippen molar-refractivity contribution < 1.29 is 4.39 Å². The summed E-state index contributed by atoms with van der Waals surface area (Å²) in [5, 5.41) is 0. The molecule has 0 bridgehead atoms. The van der Waals surface area contributed by atoms with Crippen LogP contribution in [0.2, 0.25) is 0 Å². The Morgan fingerprint density at radius 2 is 1.92 bits per heavy atom. The third-order valence-electron chi connectivity index (χ3n) is 1.93. The van der Waals surface area contributed by atoms with Gasteiger partial charge in [-0.1, -0.05) is 29.8 Å². The SMILES string of the molecule is Cc1ccc([C@H](N)CCF)cc1. The van der Waals surface area contributed by atoms with Gasteiger partial charge in [0.05, 0.1) is 6.67 Å². The molecule has 0 radical (unpaired) electrons. The minimum Gasteiger partial charge on any atom is -0.324 e. The normalized spacial score (nSPS) is 12.9. The van der Waals surface area contributed by atoms with E-state index in [0.717, 1.165) is 5.56 Å². The highest BCUT2D eigenvalue weighted by Crippen LogP contribution is 2.14. The van der Waals surface area contributed by atoms with Crippen molar-refractivity contribution in [1.29, 1.82) is 0 Å². The number of halogens is 1. The van der Waals surface area contributed by atoms with Gasteiger partial charge in [-0.2, -0.15) is 0 Å². The number of rotatable bonds is 3. The third-order valence-corrected chi connectivity index (χ3v) is 1.93. The zero-order chi connectivity index (χ0) is 8.97. The van der Waals surface area contributed by atoms with Crippen LogP contribution in [0.4, 0.5) is 4.39 Å². The molecule has 0 aromatic heterocycles. The fourth-order valence-electron chi connectivity index (χ4n) is 1.10. The fraction of sp³-hybridized carbons (Fsp3) is 0.400. The maximum Gasteiger partial charge on any atom is 0.0912 e. The summed E-state index contributed by atoms with van der Waals surface area (Å²) in [6.07, 6.45) is 0.406. The second-order valence-electron chi connectivity index (χ2n) is 2.99. The fourth-order valence-corrected chi connectivity index (χ4v) is 1.10. The van der Waals surface area contributed by atoms with Gasteiger partial charge in [0.15, 0.2) is 0 Å². The second kappa shape index (κ2) is 4.21. The van der Waals surface area contributed by atoms with Crippen molar-refractivity contribution in [2.45, 2.75) is 19.4 Å². The van der Waals surface area contributed by atoms with Gasteiger partial charge in [-0.25, -0.2) is 0 Å². The van der Waals surface area contributed by atoms with Crippen molar-refractivity contribution >= 4 is 0 Å². The Labute approximate surface area is 72.4 Å². The lowest BCUT2D eigenvalue weighted by atomic mass is 10.0. The maximum atomic E-state index is 11.9. The summed E-state index contributed by atoms with van der Waals surface area (Å²) in [5.74, 6) is 0. The standard InChI is InChI=1S/C10H14FN/c1-8-2-4-9(5-3-8)10(12)6-7-11/h2-5,10H,6-7,12H2,1H3/t10-/m1/s1. The molecule has 0 unspecified atom stereocenters. The Kier molecular flexibility index (Phi) is 3.23. The molecule has 1 aromatic carbocycles. The lowest BCUT2D eigenvalue weighted by Gasteiger charge is -2.09. The van der Waals surface area contributed by atoms with E-state index in [1.807, 2.05) is 31.2 Å². The molecule has 1 nitrogen and oxygen atoms in total. The van der Waals surface area contributed by atoms with Gasteiger partial charge in [-0.3, -0.25) is 4.39 Å². The largest absolute Gasteiger partial charge is 0.324 e. The summed E-state index contributed by atoms with van der Waals surface area (Å²) in [6, 6.07) is 7.74. The average Bonchev–Trinajstić information content (AvgIpc) is 2.06. The zero-order valence-corrected chi connectivity index (χ0v) is 7.26. The van der Waals surface area contributed by atoms with Gasteiger partial charge in [0.2, 0.25) is 0 Å². The van der Waals surface area contributed by atoms with E-state index < -0.39 is 0 Å².